The van der Waals surface area contributed by atoms with E-state index in [0.29, 0.717) is 5.88 Å². The molecule has 101 valence electrons. The highest BCUT2D eigenvalue weighted by atomic mass is 79.9. The van der Waals surface area contributed by atoms with Gasteiger partial charge in [0, 0.05) is 16.8 Å². The van der Waals surface area contributed by atoms with Gasteiger partial charge in [-0.2, -0.15) is 0 Å². The lowest BCUT2D eigenvalue weighted by Crippen LogP contribution is -1.86. The number of halogens is 3. The number of hydrogen-bond acceptors (Lipinski definition) is 0. The number of hydrogen-bond donors (Lipinski definition) is 0. The summed E-state index contributed by atoms with van der Waals surface area (Å²) in [6, 6.07) is 12.4. The molecule has 3 heteroatoms. The summed E-state index contributed by atoms with van der Waals surface area (Å²) in [5.41, 5.74) is 6.20. The van der Waals surface area contributed by atoms with E-state index in [-0.39, 0.29) is 0 Å². The monoisotopic (exact) mass is 365 g/mol. The van der Waals surface area contributed by atoms with E-state index in [2.05, 4.69) is 58.8 Å². The highest BCUT2D eigenvalue weighted by Crippen LogP contribution is 2.37. The molecule has 0 nitrogen and oxygen atoms in total. The Morgan fingerprint density at radius 3 is 2.70 bits per heavy atom. The van der Waals surface area contributed by atoms with Crippen molar-refractivity contribution in [3.8, 4) is 11.1 Å². The molecule has 0 bridgehead atoms. The van der Waals surface area contributed by atoms with Gasteiger partial charge in [-0.3, -0.25) is 0 Å². The third-order valence-electron chi connectivity index (χ3n) is 3.42. The molecule has 2 aromatic rings. The summed E-state index contributed by atoms with van der Waals surface area (Å²) in [5, 5.41) is 0.728. The molecule has 0 fully saturated rings. The smallest absolute Gasteiger partial charge is 0.0548 e. The first kappa shape index (κ1) is 14.2. The maximum absolute atomic E-state index is 6.07. The molecule has 0 atom stereocenters. The van der Waals surface area contributed by atoms with Crippen LogP contribution in [0.4, 0.5) is 0 Å². The third kappa shape index (κ3) is 2.67. The van der Waals surface area contributed by atoms with Gasteiger partial charge < -0.3 is 0 Å². The maximum atomic E-state index is 6.07. The predicted octanol–water partition coefficient (Wildman–Crippen LogP) is 6.35. The Balaban J connectivity index is 2.08. The van der Waals surface area contributed by atoms with Crippen molar-refractivity contribution in [2.75, 3.05) is 5.88 Å². The van der Waals surface area contributed by atoms with Gasteiger partial charge >= 0.3 is 0 Å². The number of alkyl halides is 1. The summed E-state index contributed by atoms with van der Waals surface area (Å²) in [5.74, 6) is 0.651. The van der Waals surface area contributed by atoms with Gasteiger partial charge in [0.2, 0.25) is 0 Å². The van der Waals surface area contributed by atoms with Gasteiger partial charge in [-0.05, 0) is 56.7 Å². The second kappa shape index (κ2) is 5.93. The summed E-state index contributed by atoms with van der Waals surface area (Å²) in [6.07, 6.45) is 5.35. The van der Waals surface area contributed by atoms with Crippen molar-refractivity contribution in [2.24, 2.45) is 0 Å². The number of rotatable bonds is 3. The van der Waals surface area contributed by atoms with Gasteiger partial charge in [0.15, 0.2) is 0 Å². The zero-order valence-corrected chi connectivity index (χ0v) is 13.8. The Morgan fingerprint density at radius 1 is 1.10 bits per heavy atom. The summed E-state index contributed by atoms with van der Waals surface area (Å²) in [4.78, 5) is 0. The van der Waals surface area contributed by atoms with Gasteiger partial charge in [0.05, 0.1) is 5.02 Å². The molecule has 0 unspecified atom stereocenters. The summed E-state index contributed by atoms with van der Waals surface area (Å²) in [6.45, 7) is 0. The van der Waals surface area contributed by atoms with Crippen LogP contribution in [0, 0.1) is 6.42 Å². The van der Waals surface area contributed by atoms with Crippen molar-refractivity contribution < 1.29 is 0 Å². The average molecular weight is 367 g/mol. The Kier molecular flexibility index (Phi) is 4.21. The van der Waals surface area contributed by atoms with E-state index < -0.39 is 0 Å². The molecule has 0 aromatic heterocycles. The molecular formula is C17H12BrCl2. The second-order valence-electron chi connectivity index (χ2n) is 4.74. The van der Waals surface area contributed by atoms with E-state index in [4.69, 9.17) is 23.2 Å². The summed E-state index contributed by atoms with van der Waals surface area (Å²) >= 11 is 15.4. The molecule has 0 N–H and O–H groups in total. The van der Waals surface area contributed by atoms with Crippen molar-refractivity contribution in [1.82, 2.24) is 0 Å². The fraction of sp³-hybridized carbons (Fsp3) is 0.118. The summed E-state index contributed by atoms with van der Waals surface area (Å²) in [7, 11) is 0. The van der Waals surface area contributed by atoms with E-state index in [1.165, 1.54) is 22.3 Å². The molecule has 2 aromatic carbocycles. The van der Waals surface area contributed by atoms with Crippen LogP contribution >= 0.6 is 39.1 Å². The Hall–Kier alpha value is -0.760. The fourth-order valence-electron chi connectivity index (χ4n) is 2.47. The van der Waals surface area contributed by atoms with Crippen LogP contribution in [-0.4, -0.2) is 5.88 Å². The fourth-order valence-corrected chi connectivity index (χ4v) is 3.18. The topological polar surface area (TPSA) is 0 Å². The lowest BCUT2D eigenvalue weighted by Gasteiger charge is -2.08. The minimum atomic E-state index is 0.651. The van der Waals surface area contributed by atoms with E-state index >= 15 is 0 Å². The van der Waals surface area contributed by atoms with E-state index in [0.717, 1.165) is 21.5 Å². The first-order valence-electron chi connectivity index (χ1n) is 6.39. The number of benzene rings is 2. The normalized spacial score (nSPS) is 13.2. The minimum Gasteiger partial charge on any atom is -0.126 e. The molecule has 0 amide bonds. The Labute approximate surface area is 137 Å². The highest BCUT2D eigenvalue weighted by molar-refractivity contribution is 9.10. The van der Waals surface area contributed by atoms with Crippen LogP contribution in [0.1, 0.15) is 17.5 Å². The van der Waals surface area contributed by atoms with Gasteiger partial charge in [-0.15, -0.1) is 11.6 Å². The molecular weight excluding hydrogens is 355 g/mol. The van der Waals surface area contributed by atoms with Gasteiger partial charge in [-0.1, -0.05) is 47.5 Å². The number of fused-ring (bicyclic) bond motifs is 1. The van der Waals surface area contributed by atoms with E-state index in [9.17, 15) is 0 Å². The Morgan fingerprint density at radius 2 is 1.95 bits per heavy atom. The van der Waals surface area contributed by atoms with Crippen molar-refractivity contribution in [3.63, 3.8) is 0 Å². The molecule has 20 heavy (non-hydrogen) atoms. The van der Waals surface area contributed by atoms with Crippen molar-refractivity contribution >= 4 is 45.2 Å². The molecule has 3 rings (SSSR count). The molecule has 1 aliphatic carbocycles. The van der Waals surface area contributed by atoms with Crippen LogP contribution in [0.3, 0.4) is 0 Å². The number of allylic oxidation sites excluding steroid dienone is 1. The van der Waals surface area contributed by atoms with Gasteiger partial charge in [0.25, 0.3) is 0 Å². The maximum Gasteiger partial charge on any atom is 0.0548 e. The second-order valence-corrected chi connectivity index (χ2v) is 6.38. The molecule has 0 aliphatic heterocycles. The minimum absolute atomic E-state index is 0.651. The molecule has 0 saturated heterocycles. The van der Waals surface area contributed by atoms with Crippen LogP contribution in [0.15, 0.2) is 46.4 Å². The average Bonchev–Trinajstić information content (AvgIpc) is 2.84. The predicted molar refractivity (Wildman–Crippen MR) is 91.3 cm³/mol. The summed E-state index contributed by atoms with van der Waals surface area (Å²) < 4.78 is 0.918. The van der Waals surface area contributed by atoms with Crippen LogP contribution in [-0.2, 0) is 0 Å². The lowest BCUT2D eigenvalue weighted by atomic mass is 9.97. The standard InChI is InChI=1S/C17H12BrCl2/c18-16-10-13(4-5-17(16)20)14-3-1-2-12-8-11(6-7-19)9-15(12)14/h1-5,8-10H,6-7H2. The van der Waals surface area contributed by atoms with Crippen molar-refractivity contribution in [3.05, 3.63) is 69.0 Å². The van der Waals surface area contributed by atoms with Crippen molar-refractivity contribution in [2.45, 2.75) is 6.42 Å². The van der Waals surface area contributed by atoms with Gasteiger partial charge in [-0.25, -0.2) is 0 Å². The largest absolute Gasteiger partial charge is 0.126 e. The third-order valence-corrected chi connectivity index (χ3v) is 4.83. The Bertz CT molecular complexity index is 689. The van der Waals surface area contributed by atoms with Crippen LogP contribution in [0.25, 0.3) is 17.2 Å². The van der Waals surface area contributed by atoms with Crippen LogP contribution in [0.5, 0.6) is 0 Å². The van der Waals surface area contributed by atoms with Crippen LogP contribution < -0.4 is 0 Å². The van der Waals surface area contributed by atoms with Gasteiger partial charge in [0.1, 0.15) is 0 Å². The zero-order valence-electron chi connectivity index (χ0n) is 10.7. The van der Waals surface area contributed by atoms with E-state index in [1.54, 1.807) is 0 Å². The first-order chi connectivity index (χ1) is 9.69. The highest BCUT2D eigenvalue weighted by Gasteiger charge is 2.16. The molecule has 0 spiro atoms. The van der Waals surface area contributed by atoms with Crippen molar-refractivity contribution in [1.29, 1.82) is 0 Å². The molecule has 0 saturated carbocycles. The molecule has 1 aliphatic rings. The zero-order chi connectivity index (χ0) is 14.1. The SMILES string of the molecule is ClCCC1=Cc2c(cccc2-c2ccc(Cl)c(Br)c2)[CH]1. The van der Waals surface area contributed by atoms with E-state index in [1.807, 2.05) is 6.07 Å². The molecule has 1 radical (unpaired) electrons. The quantitative estimate of drug-likeness (QED) is 0.555. The molecule has 0 heterocycles. The lowest BCUT2D eigenvalue weighted by molar-refractivity contribution is 1.15. The first-order valence-corrected chi connectivity index (χ1v) is 8.09. The van der Waals surface area contributed by atoms with Crippen LogP contribution in [0.2, 0.25) is 5.02 Å².